The van der Waals surface area contributed by atoms with Crippen LogP contribution in [-0.4, -0.2) is 108 Å². The first kappa shape index (κ1) is 33.3. The Morgan fingerprint density at radius 1 is 0.800 bits per heavy atom. The van der Waals surface area contributed by atoms with Crippen LogP contribution in [0.4, 0.5) is 0 Å². The van der Waals surface area contributed by atoms with Gasteiger partial charge in [-0.3, -0.25) is 24.0 Å². The third kappa shape index (κ3) is 10.3. The van der Waals surface area contributed by atoms with Gasteiger partial charge in [0.15, 0.2) is 24.6 Å². The monoisotopic (exact) mass is 590 g/mol. The van der Waals surface area contributed by atoms with Gasteiger partial charge in [0.05, 0.1) is 0 Å². The zero-order chi connectivity index (χ0) is 30.0. The molecule has 2 saturated heterocycles. The summed E-state index contributed by atoms with van der Waals surface area (Å²) in [5, 5.41) is 10.0. The topological polar surface area (TPSA) is 179 Å². The minimum Gasteiger partial charge on any atom is -0.463 e. The van der Waals surface area contributed by atoms with Crippen LogP contribution >= 0.6 is 11.8 Å². The summed E-state index contributed by atoms with van der Waals surface area (Å²) < 4.78 is 43.8. The summed E-state index contributed by atoms with van der Waals surface area (Å²) in [4.78, 5) is 59.1. The maximum atomic E-state index is 12.1. The van der Waals surface area contributed by atoms with Crippen molar-refractivity contribution in [3.05, 3.63) is 0 Å². The Hall–Kier alpha value is -2.90. The van der Waals surface area contributed by atoms with Crippen LogP contribution in [0.25, 0.3) is 0 Å². The molecule has 2 aliphatic rings. The van der Waals surface area contributed by atoms with E-state index in [2.05, 4.69) is 5.92 Å². The van der Waals surface area contributed by atoms with E-state index in [1.54, 1.807) is 0 Å². The highest BCUT2D eigenvalue weighted by atomic mass is 32.2. The highest BCUT2D eigenvalue weighted by molar-refractivity contribution is 8.00. The molecule has 0 saturated carbocycles. The molecule has 9 atom stereocenters. The third-order valence-electron chi connectivity index (χ3n) is 5.55. The lowest BCUT2D eigenvalue weighted by molar-refractivity contribution is -0.242. The molecule has 0 aromatic heterocycles. The second kappa shape index (κ2) is 15.8. The summed E-state index contributed by atoms with van der Waals surface area (Å²) in [6.07, 6.45) is -2.95. The number of hydrogen-bond donors (Lipinski definition) is 1. The number of hydrogen-bond acceptors (Lipinski definition) is 15. The predicted octanol–water partition coefficient (Wildman–Crippen LogP) is -0.140. The van der Waals surface area contributed by atoms with Gasteiger partial charge in [-0.05, 0) is 6.42 Å². The van der Waals surface area contributed by atoms with E-state index in [1.807, 2.05) is 0 Å². The number of aliphatic hydroxyl groups excluding tert-OH is 1. The molecule has 15 heteroatoms. The van der Waals surface area contributed by atoms with E-state index in [0.717, 1.165) is 32.5 Å². The number of carbonyl (C=O) groups excluding carboxylic acids is 5. The average molecular weight is 591 g/mol. The Bertz CT molecular complexity index is 964. The van der Waals surface area contributed by atoms with E-state index in [4.69, 9.17) is 44.3 Å². The van der Waals surface area contributed by atoms with Crippen LogP contribution in [0.3, 0.4) is 0 Å². The number of ether oxygens (including phenoxy) is 8. The zero-order valence-corrected chi connectivity index (χ0v) is 23.6. The Labute approximate surface area is 235 Å². The Morgan fingerprint density at radius 3 is 1.85 bits per heavy atom. The van der Waals surface area contributed by atoms with Crippen LogP contribution in [0.5, 0.6) is 0 Å². The highest BCUT2D eigenvalue weighted by Gasteiger charge is 2.54. The van der Waals surface area contributed by atoms with E-state index in [1.165, 1.54) is 13.8 Å². The summed E-state index contributed by atoms with van der Waals surface area (Å²) in [6, 6.07) is 0. The molecule has 0 bridgehead atoms. The summed E-state index contributed by atoms with van der Waals surface area (Å²) in [6.45, 7) is 4.99. The Kier molecular flexibility index (Phi) is 13.1. The Morgan fingerprint density at radius 2 is 1.32 bits per heavy atom. The molecule has 2 rings (SSSR count). The van der Waals surface area contributed by atoms with Gasteiger partial charge in [-0.2, -0.15) is 0 Å². The van der Waals surface area contributed by atoms with Crippen molar-refractivity contribution in [3.8, 4) is 12.3 Å². The SMILES string of the molecule is C#CCO[C@H]1O[C@H](COC(C)=O)[C@@H](S[C@@H]2O[C@H](COC(C)=O)[C@H](OC(C)=O)[C@H](OC(C)=O)[C@H]2OC(C)=O)C[C@H]1O. The molecule has 224 valence electrons. The van der Waals surface area contributed by atoms with Crippen LogP contribution in [0.2, 0.25) is 0 Å². The van der Waals surface area contributed by atoms with Crippen LogP contribution in [0, 0.1) is 12.3 Å². The lowest BCUT2D eigenvalue weighted by Gasteiger charge is -2.46. The number of carbonyl (C=O) groups is 5. The molecule has 1 N–H and O–H groups in total. The minimum absolute atomic E-state index is 0.0404. The fourth-order valence-electron chi connectivity index (χ4n) is 4.09. The van der Waals surface area contributed by atoms with E-state index in [0.29, 0.717) is 0 Å². The van der Waals surface area contributed by atoms with Gasteiger partial charge in [-0.25, -0.2) is 0 Å². The molecule has 0 aromatic rings. The van der Waals surface area contributed by atoms with Gasteiger partial charge in [0.1, 0.15) is 43.6 Å². The maximum absolute atomic E-state index is 12.1. The molecule has 0 amide bonds. The van der Waals surface area contributed by atoms with Crippen molar-refractivity contribution in [2.45, 2.75) is 94.6 Å². The average Bonchev–Trinajstić information content (AvgIpc) is 2.84. The fourth-order valence-corrected chi connectivity index (χ4v) is 5.63. The second-order valence-electron chi connectivity index (χ2n) is 8.91. The normalized spacial score (nSPS) is 31.7. The predicted molar refractivity (Wildman–Crippen MR) is 134 cm³/mol. The van der Waals surface area contributed by atoms with Crippen LogP contribution in [0.1, 0.15) is 41.0 Å². The molecule has 2 heterocycles. The van der Waals surface area contributed by atoms with Gasteiger partial charge in [0.25, 0.3) is 0 Å². The number of aliphatic hydroxyl groups is 1. The molecule has 0 aromatic carbocycles. The number of terminal acetylenes is 1. The highest BCUT2D eigenvalue weighted by Crippen LogP contribution is 2.40. The second-order valence-corrected chi connectivity index (χ2v) is 10.2. The van der Waals surface area contributed by atoms with E-state index in [9.17, 15) is 29.1 Å². The van der Waals surface area contributed by atoms with Crippen molar-refractivity contribution < 1.29 is 67.0 Å². The van der Waals surface area contributed by atoms with Gasteiger partial charge >= 0.3 is 29.8 Å². The van der Waals surface area contributed by atoms with Gasteiger partial charge < -0.3 is 43.0 Å². The van der Waals surface area contributed by atoms with Crippen molar-refractivity contribution in [2.24, 2.45) is 0 Å². The number of esters is 5. The molecule has 0 radical (unpaired) electrons. The van der Waals surface area contributed by atoms with E-state index < -0.39 is 90.1 Å². The first-order chi connectivity index (χ1) is 18.8. The number of thioether (sulfide) groups is 1. The van der Waals surface area contributed by atoms with E-state index >= 15 is 0 Å². The zero-order valence-electron chi connectivity index (χ0n) is 22.8. The van der Waals surface area contributed by atoms with Crippen LogP contribution in [-0.2, 0) is 61.9 Å². The van der Waals surface area contributed by atoms with Crippen molar-refractivity contribution >= 4 is 41.6 Å². The molecular weight excluding hydrogens is 556 g/mol. The lowest BCUT2D eigenvalue weighted by atomic mass is 9.99. The smallest absolute Gasteiger partial charge is 0.303 e. The molecular formula is C25H34O14S. The van der Waals surface area contributed by atoms with Crippen molar-refractivity contribution in [1.82, 2.24) is 0 Å². The molecule has 0 unspecified atom stereocenters. The molecule has 40 heavy (non-hydrogen) atoms. The summed E-state index contributed by atoms with van der Waals surface area (Å²) in [5.41, 5.74) is -1.12. The van der Waals surface area contributed by atoms with Gasteiger partial charge in [-0.15, -0.1) is 18.2 Å². The summed E-state index contributed by atoms with van der Waals surface area (Å²) in [5.74, 6) is -1.23. The molecule has 0 aliphatic carbocycles. The van der Waals surface area contributed by atoms with Crippen LogP contribution < -0.4 is 0 Å². The first-order valence-electron chi connectivity index (χ1n) is 12.3. The first-order valence-corrected chi connectivity index (χ1v) is 13.2. The molecule has 14 nitrogen and oxygen atoms in total. The fraction of sp³-hybridized carbons (Fsp3) is 0.720. The third-order valence-corrected chi connectivity index (χ3v) is 7.04. The lowest BCUT2D eigenvalue weighted by Crippen LogP contribution is -2.62. The Balaban J connectivity index is 2.44. The van der Waals surface area contributed by atoms with Crippen molar-refractivity contribution in [1.29, 1.82) is 0 Å². The maximum Gasteiger partial charge on any atom is 0.303 e. The molecule has 2 fully saturated rings. The van der Waals surface area contributed by atoms with Gasteiger partial charge in [-0.1, -0.05) is 5.92 Å². The minimum atomic E-state index is -1.36. The summed E-state index contributed by atoms with van der Waals surface area (Å²) >= 11 is 1.03. The van der Waals surface area contributed by atoms with Crippen molar-refractivity contribution in [2.75, 3.05) is 19.8 Å². The quantitative estimate of drug-likeness (QED) is 0.191. The molecule has 2 aliphatic heterocycles. The molecule has 0 spiro atoms. The standard InChI is InChI=1S/C25H34O14S/c1-7-8-32-24-17(31)9-20(18(38-24)10-33-12(2)26)40-25-23(37-16(6)30)22(36-15(5)29)21(35-14(4)28)19(39-25)11-34-13(3)27/h1,17-25,31H,8-11H2,2-6H3/t17-,18-,19-,20+,21+,22+,23-,24+,25+/m1/s1. The summed E-state index contributed by atoms with van der Waals surface area (Å²) in [7, 11) is 0. The van der Waals surface area contributed by atoms with Gasteiger partial charge in [0, 0.05) is 39.9 Å². The van der Waals surface area contributed by atoms with E-state index in [-0.39, 0.29) is 19.6 Å². The largest absolute Gasteiger partial charge is 0.463 e. The van der Waals surface area contributed by atoms with Crippen molar-refractivity contribution in [3.63, 3.8) is 0 Å². The van der Waals surface area contributed by atoms with Crippen LogP contribution in [0.15, 0.2) is 0 Å². The number of rotatable bonds is 11. The van der Waals surface area contributed by atoms with Gasteiger partial charge in [0.2, 0.25) is 0 Å².